The van der Waals surface area contributed by atoms with Crippen molar-refractivity contribution in [3.8, 4) is 0 Å². The number of likely N-dealkylation sites (N-methyl/N-ethyl adjacent to an activating group) is 1. The molecule has 2 N–H and O–H groups in total. The Bertz CT molecular complexity index is 484. The quantitative estimate of drug-likeness (QED) is 0.480. The molecule has 2 aliphatic rings. The normalized spacial score (nSPS) is 37.4. The molecular formula is C14H23ClN4O. The van der Waals surface area contributed by atoms with Gasteiger partial charge < -0.3 is 10.6 Å². The number of aliphatic imine (C=N–C) groups is 1. The first kappa shape index (κ1) is 15.3. The standard InChI is InChI=1S/C14H23ClN4O/c1-8(2)19-10(4)11(7-17-13(15)16)18(5)12(20)14(19)6-9(14)3/h7-10H,6H2,1-5H3,(H2,16,17)/b11-7+/t9-,10?,14-/m0/s1. The van der Waals surface area contributed by atoms with Gasteiger partial charge in [-0.3, -0.25) is 9.69 Å². The van der Waals surface area contributed by atoms with Crippen LogP contribution in [-0.4, -0.2) is 45.7 Å². The third kappa shape index (κ3) is 2.13. The van der Waals surface area contributed by atoms with Gasteiger partial charge in [0.15, 0.2) is 5.29 Å². The molecule has 0 bridgehead atoms. The molecule has 0 aromatic heterocycles. The molecule has 112 valence electrons. The lowest BCUT2D eigenvalue weighted by Crippen LogP contribution is -2.63. The van der Waals surface area contributed by atoms with Crippen LogP contribution in [0.5, 0.6) is 0 Å². The van der Waals surface area contributed by atoms with Crippen LogP contribution >= 0.6 is 11.6 Å². The van der Waals surface area contributed by atoms with Gasteiger partial charge in [0.05, 0.1) is 17.9 Å². The van der Waals surface area contributed by atoms with Gasteiger partial charge in [-0.2, -0.15) is 0 Å². The first-order valence-electron chi connectivity index (χ1n) is 6.99. The summed E-state index contributed by atoms with van der Waals surface area (Å²) in [6.45, 7) is 8.48. The van der Waals surface area contributed by atoms with Crippen molar-refractivity contribution < 1.29 is 4.79 Å². The number of amidine groups is 1. The third-order valence-electron chi connectivity index (χ3n) is 4.52. The zero-order valence-corrected chi connectivity index (χ0v) is 13.5. The monoisotopic (exact) mass is 298 g/mol. The molecule has 1 unspecified atom stereocenters. The number of hydrogen-bond acceptors (Lipinski definition) is 3. The molecule has 0 aromatic carbocycles. The van der Waals surface area contributed by atoms with Crippen molar-refractivity contribution in [2.24, 2.45) is 16.6 Å². The van der Waals surface area contributed by atoms with E-state index < -0.39 is 0 Å². The van der Waals surface area contributed by atoms with E-state index in [1.807, 2.05) is 0 Å². The second-order valence-corrected chi connectivity index (χ2v) is 6.46. The van der Waals surface area contributed by atoms with Crippen molar-refractivity contribution >= 4 is 22.8 Å². The largest absolute Gasteiger partial charge is 0.374 e. The second-order valence-electron chi connectivity index (χ2n) is 6.08. The molecule has 1 heterocycles. The van der Waals surface area contributed by atoms with Crippen LogP contribution in [-0.2, 0) is 4.79 Å². The smallest absolute Gasteiger partial charge is 0.247 e. The van der Waals surface area contributed by atoms with Gasteiger partial charge in [-0.15, -0.1) is 0 Å². The van der Waals surface area contributed by atoms with Gasteiger partial charge in [0, 0.05) is 13.1 Å². The van der Waals surface area contributed by atoms with Crippen LogP contribution in [0.15, 0.2) is 16.9 Å². The highest BCUT2D eigenvalue weighted by molar-refractivity contribution is 6.64. The average molecular weight is 299 g/mol. The zero-order valence-electron chi connectivity index (χ0n) is 12.7. The summed E-state index contributed by atoms with van der Waals surface area (Å²) in [5.74, 6) is 0.539. The Kier molecular flexibility index (Phi) is 3.86. The van der Waals surface area contributed by atoms with E-state index in [1.54, 1.807) is 18.1 Å². The third-order valence-corrected chi connectivity index (χ3v) is 4.61. The van der Waals surface area contributed by atoms with E-state index in [1.165, 1.54) is 0 Å². The van der Waals surface area contributed by atoms with Crippen molar-refractivity contribution in [3.63, 3.8) is 0 Å². The first-order valence-corrected chi connectivity index (χ1v) is 7.36. The molecular weight excluding hydrogens is 276 g/mol. The van der Waals surface area contributed by atoms with E-state index in [0.717, 1.165) is 12.1 Å². The van der Waals surface area contributed by atoms with Crippen LogP contribution in [0, 0.1) is 5.92 Å². The molecule has 1 spiro atoms. The summed E-state index contributed by atoms with van der Waals surface area (Å²) >= 11 is 5.59. The van der Waals surface area contributed by atoms with Gasteiger partial charge >= 0.3 is 0 Å². The molecule has 1 saturated carbocycles. The van der Waals surface area contributed by atoms with Gasteiger partial charge in [-0.05, 0) is 44.7 Å². The van der Waals surface area contributed by atoms with Crippen LogP contribution in [0.2, 0.25) is 0 Å². The lowest BCUT2D eigenvalue weighted by atomic mass is 9.97. The number of hydrogen-bond donors (Lipinski definition) is 1. The number of amides is 1. The van der Waals surface area contributed by atoms with Crippen LogP contribution in [0.3, 0.4) is 0 Å². The summed E-state index contributed by atoms with van der Waals surface area (Å²) in [6.07, 6.45) is 2.52. The van der Waals surface area contributed by atoms with Crippen molar-refractivity contribution in [1.82, 2.24) is 9.80 Å². The summed E-state index contributed by atoms with van der Waals surface area (Å²) in [5.41, 5.74) is 5.86. The Hall–Kier alpha value is -1.07. The summed E-state index contributed by atoms with van der Waals surface area (Å²) < 4.78 is 0. The summed E-state index contributed by atoms with van der Waals surface area (Å²) in [4.78, 5) is 20.7. The Morgan fingerprint density at radius 1 is 1.55 bits per heavy atom. The molecule has 1 aliphatic carbocycles. The maximum absolute atomic E-state index is 12.8. The van der Waals surface area contributed by atoms with Crippen LogP contribution in [0.4, 0.5) is 0 Å². The number of nitrogens with two attached hydrogens (primary N) is 1. The molecule has 1 amide bonds. The SMILES string of the molecule is CC(C)N1C(C)/C(=C\N=C(N)Cl)N(C)C(=O)[C@@]12C[C@@H]2C. The fourth-order valence-corrected chi connectivity index (χ4v) is 3.63. The van der Waals surface area contributed by atoms with Crippen molar-refractivity contribution in [3.05, 3.63) is 11.9 Å². The minimum absolute atomic E-state index is 0.0262. The molecule has 2 fully saturated rings. The molecule has 1 saturated heterocycles. The minimum Gasteiger partial charge on any atom is -0.374 e. The molecule has 3 atom stereocenters. The lowest BCUT2D eigenvalue weighted by molar-refractivity contribution is -0.143. The van der Waals surface area contributed by atoms with Crippen molar-refractivity contribution in [1.29, 1.82) is 0 Å². The number of nitrogens with zero attached hydrogens (tertiary/aromatic N) is 3. The van der Waals surface area contributed by atoms with E-state index in [-0.39, 0.29) is 28.8 Å². The van der Waals surface area contributed by atoms with E-state index in [9.17, 15) is 4.79 Å². The Labute approximate surface area is 125 Å². The molecule has 20 heavy (non-hydrogen) atoms. The summed E-state index contributed by atoms with van der Waals surface area (Å²) in [7, 11) is 1.80. The van der Waals surface area contributed by atoms with Gasteiger partial charge in [0.2, 0.25) is 5.91 Å². The van der Waals surface area contributed by atoms with Gasteiger partial charge in [-0.25, -0.2) is 4.99 Å². The maximum Gasteiger partial charge on any atom is 0.247 e. The highest BCUT2D eigenvalue weighted by Crippen LogP contribution is 2.54. The van der Waals surface area contributed by atoms with E-state index in [4.69, 9.17) is 17.3 Å². The van der Waals surface area contributed by atoms with Crippen LogP contribution < -0.4 is 5.73 Å². The molecule has 1 aliphatic heterocycles. The molecule has 5 nitrogen and oxygen atoms in total. The Balaban J connectivity index is 2.44. The predicted molar refractivity (Wildman–Crippen MR) is 81.3 cm³/mol. The molecule has 2 rings (SSSR count). The predicted octanol–water partition coefficient (Wildman–Crippen LogP) is 1.73. The van der Waals surface area contributed by atoms with E-state index >= 15 is 0 Å². The summed E-state index contributed by atoms with van der Waals surface area (Å²) in [5, 5.41) is -0.0262. The van der Waals surface area contributed by atoms with E-state index in [0.29, 0.717) is 5.92 Å². The molecule has 0 radical (unpaired) electrons. The highest BCUT2D eigenvalue weighted by Gasteiger charge is 2.66. The second kappa shape index (κ2) is 5.04. The maximum atomic E-state index is 12.8. The minimum atomic E-state index is -0.337. The molecule has 0 aromatic rings. The number of piperazine rings is 1. The first-order chi connectivity index (χ1) is 9.23. The lowest BCUT2D eigenvalue weighted by Gasteiger charge is -2.48. The average Bonchev–Trinajstić information content (AvgIpc) is 2.98. The topological polar surface area (TPSA) is 61.9 Å². The number of halogens is 1. The van der Waals surface area contributed by atoms with Gasteiger partial charge in [0.25, 0.3) is 0 Å². The van der Waals surface area contributed by atoms with Crippen LogP contribution in [0.1, 0.15) is 34.1 Å². The van der Waals surface area contributed by atoms with Gasteiger partial charge in [-0.1, -0.05) is 6.92 Å². The molecule has 6 heteroatoms. The van der Waals surface area contributed by atoms with Gasteiger partial charge in [0.1, 0.15) is 5.54 Å². The fourth-order valence-electron chi connectivity index (χ4n) is 3.58. The van der Waals surface area contributed by atoms with Crippen LogP contribution in [0.25, 0.3) is 0 Å². The fraction of sp³-hybridized carbons (Fsp3) is 0.714. The summed E-state index contributed by atoms with van der Waals surface area (Å²) in [6, 6.07) is 0.385. The Morgan fingerprint density at radius 3 is 2.50 bits per heavy atom. The van der Waals surface area contributed by atoms with Crippen molar-refractivity contribution in [2.75, 3.05) is 7.05 Å². The number of carbonyl (C=O) groups is 1. The number of carbonyl (C=O) groups excluding carboxylic acids is 1. The highest BCUT2D eigenvalue weighted by atomic mass is 35.5. The van der Waals surface area contributed by atoms with E-state index in [2.05, 4.69) is 37.6 Å². The Morgan fingerprint density at radius 2 is 2.10 bits per heavy atom. The zero-order chi connectivity index (χ0) is 15.2. The number of rotatable bonds is 2. The van der Waals surface area contributed by atoms with Crippen molar-refractivity contribution in [2.45, 2.75) is 51.7 Å².